The van der Waals surface area contributed by atoms with E-state index >= 15 is 0 Å². The van der Waals surface area contributed by atoms with Crippen LogP contribution >= 0.6 is 0 Å². The van der Waals surface area contributed by atoms with Crippen molar-refractivity contribution >= 4 is 17.5 Å². The zero-order valence-electron chi connectivity index (χ0n) is 11.5. The summed E-state index contributed by atoms with van der Waals surface area (Å²) in [7, 11) is 0. The lowest BCUT2D eigenvalue weighted by atomic mass is 10.0. The second kappa shape index (κ2) is 5.87. The molecule has 1 aliphatic rings. The number of hydrogen-bond donors (Lipinski definition) is 1. The number of rotatable bonds is 4. The lowest BCUT2D eigenvalue weighted by Gasteiger charge is -2.35. The van der Waals surface area contributed by atoms with Gasteiger partial charge in [-0.15, -0.1) is 0 Å². The summed E-state index contributed by atoms with van der Waals surface area (Å²) < 4.78 is 0. The van der Waals surface area contributed by atoms with Gasteiger partial charge in [0.1, 0.15) is 6.04 Å². The molecule has 0 radical (unpaired) electrons. The van der Waals surface area contributed by atoms with E-state index in [0.717, 1.165) is 24.1 Å². The van der Waals surface area contributed by atoms with Crippen molar-refractivity contribution in [3.8, 4) is 0 Å². The zero-order chi connectivity index (χ0) is 13.8. The molecular formula is C15H20N2O2. The van der Waals surface area contributed by atoms with Crippen molar-refractivity contribution in [2.45, 2.75) is 39.2 Å². The summed E-state index contributed by atoms with van der Waals surface area (Å²) >= 11 is 0. The average molecular weight is 260 g/mol. The molecule has 1 saturated heterocycles. The zero-order valence-corrected chi connectivity index (χ0v) is 11.5. The van der Waals surface area contributed by atoms with E-state index in [2.05, 4.69) is 12.2 Å². The van der Waals surface area contributed by atoms with E-state index < -0.39 is 0 Å². The molecule has 2 amide bonds. The number of para-hydroxylation sites is 1. The van der Waals surface area contributed by atoms with Crippen LogP contribution in [0.2, 0.25) is 0 Å². The molecule has 0 saturated carbocycles. The molecule has 1 aromatic rings. The Labute approximate surface area is 113 Å². The fourth-order valence-corrected chi connectivity index (χ4v) is 2.55. The van der Waals surface area contributed by atoms with Crippen molar-refractivity contribution in [3.05, 3.63) is 29.8 Å². The normalized spacial score (nSPS) is 19.5. The lowest BCUT2D eigenvalue weighted by Crippen LogP contribution is -2.58. The van der Waals surface area contributed by atoms with Gasteiger partial charge in [-0.2, -0.15) is 0 Å². The van der Waals surface area contributed by atoms with Gasteiger partial charge in [0.15, 0.2) is 0 Å². The van der Waals surface area contributed by atoms with Crippen molar-refractivity contribution in [3.63, 3.8) is 0 Å². The van der Waals surface area contributed by atoms with Crippen LogP contribution in [0.4, 0.5) is 5.69 Å². The second-order valence-electron chi connectivity index (χ2n) is 4.78. The Kier molecular flexibility index (Phi) is 4.20. The van der Waals surface area contributed by atoms with Crippen LogP contribution in [0.5, 0.6) is 0 Å². The molecule has 1 aliphatic heterocycles. The summed E-state index contributed by atoms with van der Waals surface area (Å²) in [6.07, 6.45) is 2.55. The number of benzene rings is 1. The second-order valence-corrected chi connectivity index (χ2v) is 4.78. The smallest absolute Gasteiger partial charge is 0.247 e. The fourth-order valence-electron chi connectivity index (χ4n) is 2.55. The third-order valence-corrected chi connectivity index (χ3v) is 3.45. The largest absolute Gasteiger partial charge is 0.345 e. The fraction of sp³-hybridized carbons (Fsp3) is 0.467. The van der Waals surface area contributed by atoms with E-state index in [0.29, 0.717) is 6.42 Å². The molecule has 0 spiro atoms. The molecular weight excluding hydrogens is 240 g/mol. The lowest BCUT2D eigenvalue weighted by molar-refractivity contribution is -0.131. The Morgan fingerprint density at radius 1 is 1.26 bits per heavy atom. The molecule has 2 rings (SSSR count). The number of carbonyl (C=O) groups is 2. The highest BCUT2D eigenvalue weighted by molar-refractivity contribution is 6.06. The predicted octanol–water partition coefficient (Wildman–Crippen LogP) is 1.88. The minimum atomic E-state index is -0.390. The molecule has 1 atom stereocenters. The maximum Gasteiger partial charge on any atom is 0.247 e. The van der Waals surface area contributed by atoms with Gasteiger partial charge in [0.25, 0.3) is 0 Å². The maximum atomic E-state index is 12.2. The Bertz CT molecular complexity index is 485. The monoisotopic (exact) mass is 260 g/mol. The van der Waals surface area contributed by atoms with Crippen molar-refractivity contribution in [1.29, 1.82) is 0 Å². The first-order chi connectivity index (χ1) is 9.19. The summed E-state index contributed by atoms with van der Waals surface area (Å²) in [6.45, 7) is 4.13. The summed E-state index contributed by atoms with van der Waals surface area (Å²) in [4.78, 5) is 25.8. The molecule has 19 heavy (non-hydrogen) atoms. The summed E-state index contributed by atoms with van der Waals surface area (Å²) in [5.41, 5.74) is 2.02. The maximum absolute atomic E-state index is 12.2. The van der Waals surface area contributed by atoms with Gasteiger partial charge in [-0.1, -0.05) is 38.5 Å². The van der Waals surface area contributed by atoms with Crippen LogP contribution in [-0.4, -0.2) is 24.4 Å². The molecule has 1 N–H and O–H groups in total. The third kappa shape index (κ3) is 2.62. The van der Waals surface area contributed by atoms with E-state index in [1.54, 1.807) is 4.90 Å². The minimum Gasteiger partial charge on any atom is -0.345 e. The van der Waals surface area contributed by atoms with Crippen LogP contribution in [0.25, 0.3) is 0 Å². The Balaban J connectivity index is 2.42. The van der Waals surface area contributed by atoms with Gasteiger partial charge < -0.3 is 5.32 Å². The van der Waals surface area contributed by atoms with Gasteiger partial charge in [-0.3, -0.25) is 14.5 Å². The van der Waals surface area contributed by atoms with E-state index in [1.165, 1.54) is 0 Å². The molecule has 0 aliphatic carbocycles. The van der Waals surface area contributed by atoms with Crippen molar-refractivity contribution < 1.29 is 9.59 Å². The van der Waals surface area contributed by atoms with Gasteiger partial charge in [-0.05, 0) is 24.5 Å². The first-order valence-corrected chi connectivity index (χ1v) is 6.86. The van der Waals surface area contributed by atoms with Gasteiger partial charge in [0.05, 0.1) is 6.54 Å². The standard InChI is InChI=1S/C15H20N2O2/c1-3-7-11-8-5-6-9-13(11)17-12(4-2)15(19)16-10-14(17)18/h5-6,8-9,12H,3-4,7,10H2,1-2H3,(H,16,19). The van der Waals surface area contributed by atoms with Crippen LogP contribution in [0.15, 0.2) is 24.3 Å². The first-order valence-electron chi connectivity index (χ1n) is 6.86. The highest BCUT2D eigenvalue weighted by atomic mass is 16.2. The van der Waals surface area contributed by atoms with Crippen LogP contribution in [0.1, 0.15) is 32.3 Å². The van der Waals surface area contributed by atoms with Gasteiger partial charge in [0.2, 0.25) is 11.8 Å². The third-order valence-electron chi connectivity index (χ3n) is 3.45. The summed E-state index contributed by atoms with van der Waals surface area (Å²) in [5.74, 6) is -0.0941. The molecule has 4 heteroatoms. The number of anilines is 1. The Hall–Kier alpha value is -1.84. The van der Waals surface area contributed by atoms with E-state index in [-0.39, 0.29) is 24.4 Å². The van der Waals surface area contributed by atoms with Crippen molar-refractivity contribution in [1.82, 2.24) is 5.32 Å². The quantitative estimate of drug-likeness (QED) is 0.898. The summed E-state index contributed by atoms with van der Waals surface area (Å²) in [5, 5.41) is 2.65. The summed E-state index contributed by atoms with van der Waals surface area (Å²) in [6, 6.07) is 7.47. The van der Waals surface area contributed by atoms with Crippen LogP contribution in [-0.2, 0) is 16.0 Å². The number of piperazine rings is 1. The van der Waals surface area contributed by atoms with E-state index in [1.807, 2.05) is 31.2 Å². The SMILES string of the molecule is CCCc1ccccc1N1C(=O)CNC(=O)C1CC. The van der Waals surface area contributed by atoms with Crippen molar-refractivity contribution in [2.75, 3.05) is 11.4 Å². The van der Waals surface area contributed by atoms with Crippen LogP contribution in [0, 0.1) is 0 Å². The van der Waals surface area contributed by atoms with E-state index in [9.17, 15) is 9.59 Å². The molecule has 0 bridgehead atoms. The van der Waals surface area contributed by atoms with Crippen molar-refractivity contribution in [2.24, 2.45) is 0 Å². The molecule has 0 aromatic heterocycles. The number of amides is 2. The highest BCUT2D eigenvalue weighted by Crippen LogP contribution is 2.26. The molecule has 1 aromatic carbocycles. The van der Waals surface area contributed by atoms with Gasteiger partial charge >= 0.3 is 0 Å². The topological polar surface area (TPSA) is 49.4 Å². The number of carbonyl (C=O) groups excluding carboxylic acids is 2. The molecule has 1 fully saturated rings. The number of aryl methyl sites for hydroxylation is 1. The number of nitrogens with one attached hydrogen (secondary N) is 1. The molecule has 102 valence electrons. The Morgan fingerprint density at radius 3 is 2.68 bits per heavy atom. The number of hydrogen-bond acceptors (Lipinski definition) is 2. The predicted molar refractivity (Wildman–Crippen MR) is 75.0 cm³/mol. The van der Waals surface area contributed by atoms with E-state index in [4.69, 9.17) is 0 Å². The number of nitrogens with zero attached hydrogens (tertiary/aromatic N) is 1. The highest BCUT2D eigenvalue weighted by Gasteiger charge is 2.34. The van der Waals surface area contributed by atoms with Crippen LogP contribution in [0.3, 0.4) is 0 Å². The average Bonchev–Trinajstić information content (AvgIpc) is 2.42. The molecule has 1 heterocycles. The molecule has 1 unspecified atom stereocenters. The minimum absolute atomic E-state index is 0.0324. The first kappa shape index (κ1) is 13.6. The van der Waals surface area contributed by atoms with Gasteiger partial charge in [-0.25, -0.2) is 0 Å². The van der Waals surface area contributed by atoms with Gasteiger partial charge in [0, 0.05) is 5.69 Å². The van der Waals surface area contributed by atoms with Crippen LogP contribution < -0.4 is 10.2 Å². The molecule has 4 nitrogen and oxygen atoms in total. The Morgan fingerprint density at radius 2 is 2.00 bits per heavy atom.